The molecule has 3 aromatic rings. The molecule has 4 nitrogen and oxygen atoms in total. The maximum absolute atomic E-state index is 11.4. The second-order valence-corrected chi connectivity index (χ2v) is 3.96. The minimum atomic E-state index is -0.387. The van der Waals surface area contributed by atoms with Crippen LogP contribution in [0.3, 0.4) is 0 Å². The van der Waals surface area contributed by atoms with Gasteiger partial charge in [-0.05, 0) is 0 Å². The van der Waals surface area contributed by atoms with Crippen LogP contribution in [0.25, 0.3) is 22.0 Å². The number of nitrogens with zero attached hydrogens (tertiary/aromatic N) is 2. The number of fused-ring (bicyclic) bond motifs is 3. The number of para-hydroxylation sites is 1. The second kappa shape index (κ2) is 2.77. The van der Waals surface area contributed by atoms with Crippen LogP contribution in [0.1, 0.15) is 0 Å². The molecular formula is C9H4N2O2Se. The van der Waals surface area contributed by atoms with Gasteiger partial charge in [-0.3, -0.25) is 0 Å². The molecule has 0 aliphatic heterocycles. The van der Waals surface area contributed by atoms with Crippen LogP contribution >= 0.6 is 0 Å². The van der Waals surface area contributed by atoms with Gasteiger partial charge in [0.2, 0.25) is 0 Å². The van der Waals surface area contributed by atoms with Crippen molar-refractivity contribution in [1.29, 1.82) is 0 Å². The Morgan fingerprint density at radius 1 is 1.14 bits per heavy atom. The van der Waals surface area contributed by atoms with Crippen LogP contribution in [-0.4, -0.2) is 22.9 Å². The van der Waals surface area contributed by atoms with Crippen molar-refractivity contribution in [1.82, 2.24) is 7.96 Å². The van der Waals surface area contributed by atoms with Crippen LogP contribution in [0.15, 0.2) is 33.5 Å². The van der Waals surface area contributed by atoms with Crippen molar-refractivity contribution in [3.8, 4) is 0 Å². The third kappa shape index (κ3) is 0.967. The molecule has 0 aliphatic rings. The second-order valence-electron chi connectivity index (χ2n) is 2.85. The van der Waals surface area contributed by atoms with E-state index in [1.165, 1.54) is 0 Å². The molecule has 0 amide bonds. The zero-order valence-corrected chi connectivity index (χ0v) is 8.64. The fourth-order valence-electron chi connectivity index (χ4n) is 1.40. The summed E-state index contributed by atoms with van der Waals surface area (Å²) in [5.74, 6) is 0. The summed E-state index contributed by atoms with van der Waals surface area (Å²) < 4.78 is 13.4. The summed E-state index contributed by atoms with van der Waals surface area (Å²) in [6.45, 7) is 0. The summed E-state index contributed by atoms with van der Waals surface area (Å²) in [7, 11) is 0. The number of hydrogen-bond donors (Lipinski definition) is 0. The topological polar surface area (TPSA) is 56.0 Å². The molecule has 2 aromatic heterocycles. The van der Waals surface area contributed by atoms with Gasteiger partial charge in [-0.15, -0.1) is 0 Å². The van der Waals surface area contributed by atoms with Crippen LogP contribution in [0.5, 0.6) is 0 Å². The van der Waals surface area contributed by atoms with Gasteiger partial charge in [0.25, 0.3) is 0 Å². The van der Waals surface area contributed by atoms with Gasteiger partial charge in [-0.25, -0.2) is 0 Å². The molecule has 1 aromatic carbocycles. The molecule has 5 heteroatoms. The molecule has 0 spiro atoms. The average molecular weight is 251 g/mol. The molecular weight excluding hydrogens is 247 g/mol. The zero-order valence-electron chi connectivity index (χ0n) is 6.93. The van der Waals surface area contributed by atoms with Crippen molar-refractivity contribution in [3.63, 3.8) is 0 Å². The van der Waals surface area contributed by atoms with E-state index in [-0.39, 0.29) is 20.6 Å². The molecule has 0 bridgehead atoms. The maximum atomic E-state index is 11.4. The van der Waals surface area contributed by atoms with E-state index in [9.17, 15) is 4.79 Å². The zero-order chi connectivity index (χ0) is 9.54. The van der Waals surface area contributed by atoms with E-state index in [0.717, 1.165) is 5.39 Å². The first kappa shape index (κ1) is 7.91. The van der Waals surface area contributed by atoms with Gasteiger partial charge in [0, 0.05) is 0 Å². The van der Waals surface area contributed by atoms with E-state index in [2.05, 4.69) is 7.96 Å². The number of hydrogen-bond acceptors (Lipinski definition) is 4. The van der Waals surface area contributed by atoms with Crippen molar-refractivity contribution in [2.45, 2.75) is 0 Å². The molecule has 0 saturated carbocycles. The van der Waals surface area contributed by atoms with Crippen molar-refractivity contribution in [2.75, 3.05) is 0 Å². The fraction of sp³-hybridized carbons (Fsp3) is 0. The first-order chi connectivity index (χ1) is 6.86. The van der Waals surface area contributed by atoms with E-state index in [1.54, 1.807) is 6.07 Å². The summed E-state index contributed by atoms with van der Waals surface area (Å²) in [5, 5.41) is 0.866. The van der Waals surface area contributed by atoms with Crippen molar-refractivity contribution < 1.29 is 4.42 Å². The molecule has 0 N–H and O–H groups in total. The average Bonchev–Trinajstić information content (AvgIpc) is 2.67. The Labute approximate surface area is 84.4 Å². The van der Waals surface area contributed by atoms with Gasteiger partial charge in [-0.1, -0.05) is 0 Å². The van der Waals surface area contributed by atoms with Crippen molar-refractivity contribution in [2.24, 2.45) is 0 Å². The van der Waals surface area contributed by atoms with Crippen LogP contribution in [0.2, 0.25) is 0 Å². The van der Waals surface area contributed by atoms with E-state index < -0.39 is 0 Å². The Bertz CT molecular complexity index is 671. The molecule has 68 valence electrons. The van der Waals surface area contributed by atoms with Crippen molar-refractivity contribution >= 4 is 37.0 Å². The molecule has 0 atom stereocenters. The first-order valence-electron chi connectivity index (χ1n) is 4.00. The summed E-state index contributed by atoms with van der Waals surface area (Å²) in [6, 6.07) is 7.37. The molecule has 0 fully saturated rings. The molecule has 14 heavy (non-hydrogen) atoms. The predicted molar refractivity (Wildman–Crippen MR) is 52.5 cm³/mol. The van der Waals surface area contributed by atoms with Gasteiger partial charge in [-0.2, -0.15) is 0 Å². The molecule has 0 unspecified atom stereocenters. The molecule has 2 heterocycles. The Balaban J connectivity index is 2.73. The summed E-state index contributed by atoms with van der Waals surface area (Å²) in [6.07, 6.45) is 0. The SMILES string of the molecule is O=c1oc2ccccc2c2n[se]nc12. The van der Waals surface area contributed by atoms with E-state index in [4.69, 9.17) is 4.42 Å². The number of rotatable bonds is 0. The van der Waals surface area contributed by atoms with Crippen LogP contribution in [0.4, 0.5) is 0 Å². The van der Waals surface area contributed by atoms with Gasteiger partial charge in [0.05, 0.1) is 0 Å². The predicted octanol–water partition coefficient (Wildman–Crippen LogP) is 0.793. The molecule has 0 saturated heterocycles. The quantitative estimate of drug-likeness (QED) is 0.438. The van der Waals surface area contributed by atoms with Gasteiger partial charge in [0.15, 0.2) is 0 Å². The normalized spacial score (nSPS) is 11.1. The first-order valence-corrected chi connectivity index (χ1v) is 5.53. The van der Waals surface area contributed by atoms with Gasteiger partial charge in [0.1, 0.15) is 0 Å². The fourth-order valence-corrected chi connectivity index (χ4v) is 2.55. The standard InChI is InChI=1S/C9H4N2O2Se/c12-9-8-7(10-14-11-8)5-3-1-2-4-6(5)13-9/h1-4H. The summed E-state index contributed by atoms with van der Waals surface area (Å²) in [4.78, 5) is 11.4. The van der Waals surface area contributed by atoms with Gasteiger partial charge >= 0.3 is 84.0 Å². The Morgan fingerprint density at radius 3 is 2.86 bits per heavy atom. The van der Waals surface area contributed by atoms with Crippen LogP contribution in [-0.2, 0) is 0 Å². The van der Waals surface area contributed by atoms with E-state index in [0.29, 0.717) is 16.6 Å². The molecule has 0 aliphatic carbocycles. The summed E-state index contributed by atoms with van der Waals surface area (Å²) >= 11 is -0.193. The Kier molecular flexibility index (Phi) is 1.56. The van der Waals surface area contributed by atoms with Crippen LogP contribution in [0, 0.1) is 0 Å². The Hall–Kier alpha value is -1.45. The number of benzene rings is 1. The molecule has 3 rings (SSSR count). The Morgan fingerprint density at radius 2 is 1.93 bits per heavy atom. The minimum absolute atomic E-state index is 0.193. The van der Waals surface area contributed by atoms with E-state index >= 15 is 0 Å². The van der Waals surface area contributed by atoms with Crippen molar-refractivity contribution in [3.05, 3.63) is 34.7 Å². The monoisotopic (exact) mass is 252 g/mol. The molecule has 0 radical (unpaired) electrons. The van der Waals surface area contributed by atoms with Crippen LogP contribution < -0.4 is 5.63 Å². The van der Waals surface area contributed by atoms with Gasteiger partial charge < -0.3 is 0 Å². The third-order valence-corrected chi connectivity index (χ3v) is 3.14. The van der Waals surface area contributed by atoms with E-state index in [1.807, 2.05) is 18.2 Å². The summed E-state index contributed by atoms with van der Waals surface area (Å²) in [5.41, 5.74) is 1.26. The number of aromatic nitrogens is 2. The third-order valence-electron chi connectivity index (χ3n) is 2.03.